The Morgan fingerprint density at radius 3 is 1.63 bits per heavy atom. The molecule has 17 nitrogen and oxygen atoms in total. The summed E-state index contributed by atoms with van der Waals surface area (Å²) >= 11 is 1.42. The van der Waals surface area contributed by atoms with Gasteiger partial charge in [0.25, 0.3) is 0 Å². The Kier molecular flexibility index (Phi) is 22.5. The number of carbonyl (C=O) groups is 7. The summed E-state index contributed by atoms with van der Waals surface area (Å²) in [6, 6.07) is 3.08. The SMILES string of the molecule is CSCC[C@H](NC(=O)[C@H](Cc1ccccc1)NC(=O)[C@@H](N)CCC(=O)O)C(=O)N[C@@H](CCCCN)C(=O)N[C@@H](CCCCN)C(=O)NCC(=O)O. The number of carbonyl (C=O) groups excluding carboxylic acids is 5. The van der Waals surface area contributed by atoms with Crippen LogP contribution in [-0.4, -0.2) is 114 Å². The van der Waals surface area contributed by atoms with E-state index in [4.69, 9.17) is 27.4 Å². The Labute approximate surface area is 302 Å². The molecule has 0 unspecified atom stereocenters. The molecular weight excluding hydrogens is 684 g/mol. The molecule has 1 aromatic rings. The maximum atomic E-state index is 13.7. The highest BCUT2D eigenvalue weighted by atomic mass is 32.2. The van der Waals surface area contributed by atoms with Crippen molar-refractivity contribution in [3.8, 4) is 0 Å². The molecule has 0 bridgehead atoms. The number of aliphatic carboxylic acids is 2. The molecule has 5 amide bonds. The average Bonchev–Trinajstić information content (AvgIpc) is 3.10. The summed E-state index contributed by atoms with van der Waals surface area (Å²) in [4.78, 5) is 88.6. The lowest BCUT2D eigenvalue weighted by Gasteiger charge is -2.27. The van der Waals surface area contributed by atoms with Crippen LogP contribution in [0, 0.1) is 0 Å². The van der Waals surface area contributed by atoms with Gasteiger partial charge in [-0.05, 0) is 82.0 Å². The third-order valence-electron chi connectivity index (χ3n) is 7.74. The number of nitrogens with two attached hydrogens (primary N) is 3. The quantitative estimate of drug-likeness (QED) is 0.0464. The lowest BCUT2D eigenvalue weighted by atomic mass is 10.0. The van der Waals surface area contributed by atoms with Gasteiger partial charge in [0.05, 0.1) is 6.04 Å². The molecule has 51 heavy (non-hydrogen) atoms. The molecule has 0 aromatic heterocycles. The highest BCUT2D eigenvalue weighted by molar-refractivity contribution is 7.98. The van der Waals surface area contributed by atoms with Crippen LogP contribution in [0.4, 0.5) is 0 Å². The fraction of sp³-hybridized carbons (Fsp3) is 0.606. The Morgan fingerprint density at radius 1 is 0.647 bits per heavy atom. The first-order valence-electron chi connectivity index (χ1n) is 16.9. The zero-order valence-electron chi connectivity index (χ0n) is 29.1. The van der Waals surface area contributed by atoms with Gasteiger partial charge in [0, 0.05) is 12.8 Å². The first-order chi connectivity index (χ1) is 24.3. The Morgan fingerprint density at radius 2 is 1.14 bits per heavy atom. The number of thioether (sulfide) groups is 1. The normalized spacial score (nSPS) is 13.8. The highest BCUT2D eigenvalue weighted by Crippen LogP contribution is 2.10. The molecule has 13 N–H and O–H groups in total. The number of hydrogen-bond donors (Lipinski definition) is 10. The molecule has 286 valence electrons. The van der Waals surface area contributed by atoms with Crippen LogP contribution in [0.2, 0.25) is 0 Å². The van der Waals surface area contributed by atoms with Crippen molar-refractivity contribution in [1.82, 2.24) is 26.6 Å². The number of carboxylic acids is 2. The predicted molar refractivity (Wildman–Crippen MR) is 192 cm³/mol. The van der Waals surface area contributed by atoms with Crippen LogP contribution in [0.5, 0.6) is 0 Å². The van der Waals surface area contributed by atoms with E-state index in [9.17, 15) is 33.6 Å². The summed E-state index contributed by atoms with van der Waals surface area (Å²) in [6.07, 6.45) is 3.89. The lowest BCUT2D eigenvalue weighted by Crippen LogP contribution is -2.59. The van der Waals surface area contributed by atoms with Crippen LogP contribution < -0.4 is 43.8 Å². The second-order valence-electron chi connectivity index (χ2n) is 11.9. The first-order valence-corrected chi connectivity index (χ1v) is 18.3. The summed E-state index contributed by atoms with van der Waals surface area (Å²) in [5.74, 6) is -5.42. The number of unbranched alkanes of at least 4 members (excludes halogenated alkanes) is 2. The van der Waals surface area contributed by atoms with Crippen LogP contribution in [0.15, 0.2) is 30.3 Å². The second-order valence-corrected chi connectivity index (χ2v) is 12.9. The van der Waals surface area contributed by atoms with Gasteiger partial charge in [0.1, 0.15) is 30.7 Å². The van der Waals surface area contributed by atoms with Crippen molar-refractivity contribution in [2.45, 2.75) is 94.4 Å². The van der Waals surface area contributed by atoms with E-state index in [1.165, 1.54) is 11.8 Å². The number of carboxylic acid groups (broad SMARTS) is 2. The van der Waals surface area contributed by atoms with E-state index in [1.54, 1.807) is 30.3 Å². The number of nitrogens with one attached hydrogen (secondary N) is 5. The Balaban J connectivity index is 3.25. The van der Waals surface area contributed by atoms with Crippen LogP contribution in [0.3, 0.4) is 0 Å². The fourth-order valence-corrected chi connectivity index (χ4v) is 5.35. The summed E-state index contributed by atoms with van der Waals surface area (Å²) in [5.41, 5.74) is 17.8. The van der Waals surface area contributed by atoms with Crippen molar-refractivity contribution < 1.29 is 43.8 Å². The van der Waals surface area contributed by atoms with Gasteiger partial charge in [-0.15, -0.1) is 0 Å². The predicted octanol–water partition coefficient (Wildman–Crippen LogP) is -1.43. The molecule has 0 aliphatic rings. The van der Waals surface area contributed by atoms with E-state index in [0.717, 1.165) is 0 Å². The summed E-state index contributed by atoms with van der Waals surface area (Å²) in [6.45, 7) is 0.0454. The maximum Gasteiger partial charge on any atom is 0.322 e. The molecule has 1 rings (SSSR count). The zero-order chi connectivity index (χ0) is 38.2. The zero-order valence-corrected chi connectivity index (χ0v) is 29.9. The Bertz CT molecular complexity index is 1270. The maximum absolute atomic E-state index is 13.7. The molecule has 0 aliphatic carbocycles. The lowest BCUT2D eigenvalue weighted by molar-refractivity contribution is -0.139. The minimum absolute atomic E-state index is 0.0422. The number of benzene rings is 1. The van der Waals surface area contributed by atoms with Gasteiger partial charge in [-0.2, -0.15) is 11.8 Å². The third-order valence-corrected chi connectivity index (χ3v) is 8.38. The standard InChI is InChI=1S/C33H54N8O9S/c1-51-18-15-25(40-33(50)26(19-21-9-3-2-4-10-21)41-29(46)22(36)13-14-27(42)43)32(49)39-24(12-6-8-17-35)31(48)38-23(11-5-7-16-34)30(47)37-20-28(44)45/h2-4,9-10,22-26H,5-8,11-20,34-36H2,1H3,(H,37,47)(H,38,48)(H,39,49)(H,40,50)(H,41,46)(H,42,43)(H,44,45)/t22-,23-,24-,25-,26-/m0/s1. The Hall–Kier alpha value is -4.26. The van der Waals surface area contributed by atoms with Gasteiger partial charge in [0.15, 0.2) is 0 Å². The molecule has 1 aromatic carbocycles. The monoisotopic (exact) mass is 738 g/mol. The van der Waals surface area contributed by atoms with Crippen LogP contribution in [-0.2, 0) is 40.0 Å². The van der Waals surface area contributed by atoms with E-state index >= 15 is 0 Å². The van der Waals surface area contributed by atoms with Crippen molar-refractivity contribution in [2.75, 3.05) is 31.6 Å². The van der Waals surface area contributed by atoms with Gasteiger partial charge in [-0.25, -0.2) is 0 Å². The van der Waals surface area contributed by atoms with Gasteiger partial charge in [-0.3, -0.25) is 33.6 Å². The average molecular weight is 739 g/mol. The topological polar surface area (TPSA) is 298 Å². The molecule has 0 saturated carbocycles. The highest BCUT2D eigenvalue weighted by Gasteiger charge is 2.32. The van der Waals surface area contributed by atoms with Crippen molar-refractivity contribution in [1.29, 1.82) is 0 Å². The van der Waals surface area contributed by atoms with Gasteiger partial charge < -0.3 is 54.0 Å². The van der Waals surface area contributed by atoms with Gasteiger partial charge >= 0.3 is 11.9 Å². The number of amides is 5. The van der Waals surface area contributed by atoms with Crippen molar-refractivity contribution in [3.63, 3.8) is 0 Å². The van der Waals surface area contributed by atoms with E-state index in [2.05, 4.69) is 26.6 Å². The van der Waals surface area contributed by atoms with Crippen molar-refractivity contribution >= 4 is 53.2 Å². The fourth-order valence-electron chi connectivity index (χ4n) is 4.88. The van der Waals surface area contributed by atoms with Gasteiger partial charge in [-0.1, -0.05) is 30.3 Å². The number of hydrogen-bond acceptors (Lipinski definition) is 11. The molecular formula is C33H54N8O9S. The van der Waals surface area contributed by atoms with Crippen LogP contribution >= 0.6 is 11.8 Å². The van der Waals surface area contributed by atoms with E-state index in [-0.39, 0.29) is 38.5 Å². The molecule has 0 fully saturated rings. The smallest absolute Gasteiger partial charge is 0.322 e. The van der Waals surface area contributed by atoms with E-state index in [1.807, 2.05) is 6.26 Å². The molecule has 0 saturated heterocycles. The molecule has 5 atom stereocenters. The van der Waals surface area contributed by atoms with Crippen LogP contribution in [0.1, 0.15) is 63.4 Å². The first kappa shape index (κ1) is 44.8. The molecule has 18 heteroatoms. The van der Waals surface area contributed by atoms with E-state index in [0.29, 0.717) is 50.1 Å². The molecule has 0 aliphatic heterocycles. The summed E-state index contributed by atoms with van der Waals surface area (Å²) in [7, 11) is 0. The summed E-state index contributed by atoms with van der Waals surface area (Å²) in [5, 5.41) is 30.9. The third kappa shape index (κ3) is 19.1. The molecule has 0 radical (unpaired) electrons. The second kappa shape index (κ2) is 25.7. The minimum atomic E-state index is -1.26. The van der Waals surface area contributed by atoms with Gasteiger partial charge in [0.2, 0.25) is 29.5 Å². The number of rotatable bonds is 27. The largest absolute Gasteiger partial charge is 0.481 e. The van der Waals surface area contributed by atoms with Crippen molar-refractivity contribution in [3.05, 3.63) is 35.9 Å². The van der Waals surface area contributed by atoms with Crippen molar-refractivity contribution in [2.24, 2.45) is 17.2 Å². The minimum Gasteiger partial charge on any atom is -0.481 e. The molecule has 0 heterocycles. The molecule has 0 spiro atoms. The van der Waals surface area contributed by atoms with Crippen LogP contribution in [0.25, 0.3) is 0 Å². The summed E-state index contributed by atoms with van der Waals surface area (Å²) < 4.78 is 0. The van der Waals surface area contributed by atoms with E-state index < -0.39 is 78.2 Å².